The molecule has 0 saturated carbocycles. The molecule has 1 atom stereocenters. The number of unbranched alkanes of at least 4 members (excludes halogenated alkanes) is 1. The second-order valence-electron chi connectivity index (χ2n) is 7.27. The van der Waals surface area contributed by atoms with Gasteiger partial charge in [0.2, 0.25) is 11.8 Å². The van der Waals surface area contributed by atoms with Crippen LogP contribution in [0.15, 0.2) is 48.5 Å². The van der Waals surface area contributed by atoms with Crippen molar-refractivity contribution in [2.45, 2.75) is 51.4 Å². The first-order valence-electron chi connectivity index (χ1n) is 10.6. The predicted octanol–water partition coefficient (Wildman–Crippen LogP) is 5.95. The van der Waals surface area contributed by atoms with Gasteiger partial charge in [-0.05, 0) is 36.1 Å². The Morgan fingerprint density at radius 3 is 2.32 bits per heavy atom. The van der Waals surface area contributed by atoms with Crippen molar-refractivity contribution in [2.75, 3.05) is 12.3 Å². The molecule has 0 bridgehead atoms. The molecule has 1 unspecified atom stereocenters. The fraction of sp³-hybridized carbons (Fsp3) is 0.417. The molecule has 4 nitrogen and oxygen atoms in total. The van der Waals surface area contributed by atoms with Gasteiger partial charge in [-0.15, -0.1) is 11.8 Å². The Hall–Kier alpha value is -1.69. The zero-order valence-electron chi connectivity index (χ0n) is 18.1. The summed E-state index contributed by atoms with van der Waals surface area (Å²) in [6.45, 7) is 5.04. The summed E-state index contributed by atoms with van der Waals surface area (Å²) < 4.78 is 0. The van der Waals surface area contributed by atoms with Gasteiger partial charge < -0.3 is 10.2 Å². The van der Waals surface area contributed by atoms with Gasteiger partial charge in [-0.25, -0.2) is 0 Å². The number of amides is 2. The van der Waals surface area contributed by atoms with Crippen LogP contribution < -0.4 is 5.32 Å². The molecule has 0 radical (unpaired) electrons. The summed E-state index contributed by atoms with van der Waals surface area (Å²) in [5.74, 6) is 0.602. The normalized spacial score (nSPS) is 11.7. The number of rotatable bonds is 12. The minimum absolute atomic E-state index is 0.0745. The molecule has 0 aliphatic carbocycles. The monoisotopic (exact) mass is 480 g/mol. The highest BCUT2D eigenvalue weighted by Gasteiger charge is 2.28. The summed E-state index contributed by atoms with van der Waals surface area (Å²) in [5, 5.41) is 4.16. The molecule has 2 aromatic carbocycles. The molecule has 2 amide bonds. The lowest BCUT2D eigenvalue weighted by Crippen LogP contribution is -2.49. The van der Waals surface area contributed by atoms with E-state index in [2.05, 4.69) is 12.2 Å². The highest BCUT2D eigenvalue weighted by Crippen LogP contribution is 2.28. The van der Waals surface area contributed by atoms with Gasteiger partial charge in [-0.2, -0.15) is 0 Å². The van der Waals surface area contributed by atoms with Crippen molar-refractivity contribution < 1.29 is 9.59 Å². The maximum absolute atomic E-state index is 13.2. The van der Waals surface area contributed by atoms with Crippen LogP contribution in [0.1, 0.15) is 44.2 Å². The van der Waals surface area contributed by atoms with E-state index >= 15 is 0 Å². The zero-order chi connectivity index (χ0) is 22.6. The Bertz CT molecular complexity index is 828. The van der Waals surface area contributed by atoms with E-state index in [-0.39, 0.29) is 17.6 Å². The van der Waals surface area contributed by atoms with Crippen molar-refractivity contribution in [2.24, 2.45) is 0 Å². The van der Waals surface area contributed by atoms with Crippen molar-refractivity contribution in [3.05, 3.63) is 69.7 Å². The third kappa shape index (κ3) is 8.06. The van der Waals surface area contributed by atoms with E-state index < -0.39 is 6.04 Å². The van der Waals surface area contributed by atoms with Crippen LogP contribution in [0.25, 0.3) is 0 Å². The summed E-state index contributed by atoms with van der Waals surface area (Å²) in [4.78, 5) is 27.7. The van der Waals surface area contributed by atoms with Crippen LogP contribution in [0.3, 0.4) is 0 Å². The molecular weight excluding hydrogens is 451 g/mol. The average molecular weight is 481 g/mol. The molecule has 1 N–H and O–H groups in total. The van der Waals surface area contributed by atoms with Gasteiger partial charge >= 0.3 is 0 Å². The molecule has 0 saturated heterocycles. The number of thioether (sulfide) groups is 1. The molecular formula is C24H30Cl2N2O2S. The maximum Gasteiger partial charge on any atom is 0.242 e. The number of benzene rings is 2. The Kier molecular flexibility index (Phi) is 11.3. The lowest BCUT2D eigenvalue weighted by molar-refractivity contribution is -0.139. The summed E-state index contributed by atoms with van der Waals surface area (Å²) in [6, 6.07) is 14.6. The summed E-state index contributed by atoms with van der Waals surface area (Å²) in [6.07, 6.45) is 2.48. The Balaban J connectivity index is 2.10. The first-order chi connectivity index (χ1) is 15.0. The molecule has 168 valence electrons. The SMILES string of the molecule is CCCCNC(=O)C(CC)N(Cc1ccccc1)C(=O)CSCc1c(Cl)cccc1Cl. The van der Waals surface area contributed by atoms with Gasteiger partial charge in [0.05, 0.1) is 5.75 Å². The third-order valence-corrected chi connectivity index (χ3v) is 6.60. The van der Waals surface area contributed by atoms with E-state index in [1.807, 2.05) is 37.3 Å². The fourth-order valence-electron chi connectivity index (χ4n) is 3.20. The minimum Gasteiger partial charge on any atom is -0.354 e. The Morgan fingerprint density at radius 2 is 1.71 bits per heavy atom. The Labute approximate surface area is 199 Å². The van der Waals surface area contributed by atoms with Crippen LogP contribution in [0.4, 0.5) is 0 Å². The Morgan fingerprint density at radius 1 is 1.03 bits per heavy atom. The fourth-order valence-corrected chi connectivity index (χ4v) is 4.85. The van der Waals surface area contributed by atoms with E-state index in [1.54, 1.807) is 23.1 Å². The minimum atomic E-state index is -0.505. The van der Waals surface area contributed by atoms with E-state index in [1.165, 1.54) is 11.8 Å². The summed E-state index contributed by atoms with van der Waals surface area (Å²) in [7, 11) is 0. The molecule has 0 aromatic heterocycles. The second kappa shape index (κ2) is 13.7. The molecule has 7 heteroatoms. The topological polar surface area (TPSA) is 49.4 Å². The smallest absolute Gasteiger partial charge is 0.242 e. The van der Waals surface area contributed by atoms with E-state index in [9.17, 15) is 9.59 Å². The summed E-state index contributed by atoms with van der Waals surface area (Å²) >= 11 is 13.9. The number of carbonyl (C=O) groups excluding carboxylic acids is 2. The van der Waals surface area contributed by atoms with Crippen LogP contribution in [0.2, 0.25) is 10.0 Å². The molecule has 31 heavy (non-hydrogen) atoms. The highest BCUT2D eigenvalue weighted by atomic mass is 35.5. The number of nitrogens with one attached hydrogen (secondary N) is 1. The number of nitrogens with zero attached hydrogens (tertiary/aromatic N) is 1. The van der Waals surface area contributed by atoms with Crippen LogP contribution in [0.5, 0.6) is 0 Å². The number of hydrogen-bond acceptors (Lipinski definition) is 3. The van der Waals surface area contributed by atoms with Crippen LogP contribution in [-0.4, -0.2) is 35.1 Å². The molecule has 0 heterocycles. The van der Waals surface area contributed by atoms with Crippen molar-refractivity contribution >= 4 is 46.8 Å². The first kappa shape index (κ1) is 25.6. The zero-order valence-corrected chi connectivity index (χ0v) is 20.4. The highest BCUT2D eigenvalue weighted by molar-refractivity contribution is 7.99. The molecule has 2 rings (SSSR count). The average Bonchev–Trinajstić information content (AvgIpc) is 2.76. The molecule has 0 aliphatic heterocycles. The van der Waals surface area contributed by atoms with Gasteiger partial charge in [0.15, 0.2) is 0 Å². The molecule has 0 spiro atoms. The largest absolute Gasteiger partial charge is 0.354 e. The quantitative estimate of drug-likeness (QED) is 0.381. The summed E-state index contributed by atoms with van der Waals surface area (Å²) in [5.41, 5.74) is 1.82. The van der Waals surface area contributed by atoms with Crippen molar-refractivity contribution in [1.29, 1.82) is 0 Å². The lowest BCUT2D eigenvalue weighted by atomic mass is 10.1. The van der Waals surface area contributed by atoms with Gasteiger partial charge in [-0.3, -0.25) is 9.59 Å². The number of carbonyl (C=O) groups is 2. The second-order valence-corrected chi connectivity index (χ2v) is 9.07. The van der Waals surface area contributed by atoms with E-state index in [0.29, 0.717) is 35.3 Å². The lowest BCUT2D eigenvalue weighted by Gasteiger charge is -2.30. The van der Waals surface area contributed by atoms with E-state index in [4.69, 9.17) is 23.2 Å². The van der Waals surface area contributed by atoms with Crippen LogP contribution in [-0.2, 0) is 21.9 Å². The maximum atomic E-state index is 13.2. The van der Waals surface area contributed by atoms with E-state index in [0.717, 1.165) is 24.0 Å². The van der Waals surface area contributed by atoms with Crippen LogP contribution >= 0.6 is 35.0 Å². The number of hydrogen-bond donors (Lipinski definition) is 1. The van der Waals surface area contributed by atoms with Crippen LogP contribution in [0, 0.1) is 0 Å². The van der Waals surface area contributed by atoms with Crippen molar-refractivity contribution in [3.8, 4) is 0 Å². The third-order valence-electron chi connectivity index (χ3n) is 4.94. The van der Waals surface area contributed by atoms with Crippen molar-refractivity contribution in [1.82, 2.24) is 10.2 Å². The standard InChI is InChI=1S/C24H30Cl2N2O2S/c1-3-5-14-27-24(30)22(4-2)28(15-18-10-7-6-8-11-18)23(29)17-31-16-19-20(25)12-9-13-21(19)26/h6-13,22H,3-5,14-17H2,1-2H3,(H,27,30). The van der Waals surface area contributed by atoms with Gasteiger partial charge in [-0.1, -0.05) is 79.9 Å². The first-order valence-corrected chi connectivity index (χ1v) is 12.5. The molecule has 0 aliphatic rings. The van der Waals surface area contributed by atoms with Gasteiger partial charge in [0.1, 0.15) is 6.04 Å². The van der Waals surface area contributed by atoms with Gasteiger partial charge in [0.25, 0.3) is 0 Å². The van der Waals surface area contributed by atoms with Crippen molar-refractivity contribution in [3.63, 3.8) is 0 Å². The molecule has 0 fully saturated rings. The predicted molar refractivity (Wildman–Crippen MR) is 132 cm³/mol. The van der Waals surface area contributed by atoms with Gasteiger partial charge in [0, 0.05) is 28.9 Å². The number of halogens is 2. The molecule has 2 aromatic rings.